The molecule has 2 aromatic heterocycles. The SMILES string of the molecule is Cc1c(Br)nnn1C1CCN(C(=O)OC(C)(C)C)CC1.Cc1nn(C2CCN(C(=O)OC(C)(C)C)CC2)nc1Br. The van der Waals surface area contributed by atoms with Crippen LogP contribution in [0.4, 0.5) is 9.59 Å². The molecule has 0 spiro atoms. The smallest absolute Gasteiger partial charge is 0.410 e. The number of hydrogen-bond acceptors (Lipinski definition) is 8. The molecule has 0 atom stereocenters. The second kappa shape index (κ2) is 13.2. The van der Waals surface area contributed by atoms with Crippen molar-refractivity contribution in [1.29, 1.82) is 0 Å². The van der Waals surface area contributed by atoms with Gasteiger partial charge < -0.3 is 19.3 Å². The first kappa shape index (κ1) is 32.3. The summed E-state index contributed by atoms with van der Waals surface area (Å²) in [4.78, 5) is 29.2. The van der Waals surface area contributed by atoms with Crippen LogP contribution in [0.2, 0.25) is 0 Å². The van der Waals surface area contributed by atoms with Crippen molar-refractivity contribution in [3.63, 3.8) is 0 Å². The Morgan fingerprint density at radius 3 is 1.55 bits per heavy atom. The van der Waals surface area contributed by atoms with E-state index in [1.807, 2.05) is 60.1 Å². The predicted molar refractivity (Wildman–Crippen MR) is 157 cm³/mol. The Hall–Kier alpha value is -2.22. The molecule has 40 heavy (non-hydrogen) atoms. The number of rotatable bonds is 2. The largest absolute Gasteiger partial charge is 0.444 e. The Morgan fingerprint density at radius 1 is 0.750 bits per heavy atom. The molecule has 12 nitrogen and oxygen atoms in total. The van der Waals surface area contributed by atoms with Crippen LogP contribution >= 0.6 is 31.9 Å². The lowest BCUT2D eigenvalue weighted by Crippen LogP contribution is -2.42. The maximum atomic E-state index is 12.0. The predicted octanol–water partition coefficient (Wildman–Crippen LogP) is 5.84. The standard InChI is InChI=1S/2C13H21BrN4O2/c1-9-11(14)15-16-18(9)10-5-7-17(8-6-10)12(19)20-13(2,3)4;1-9-11(14)16-18(15-9)10-5-7-17(8-6-10)12(19)20-13(2,3)4/h2*10H,5-8H2,1-4H3. The van der Waals surface area contributed by atoms with Crippen molar-refractivity contribution in [3.8, 4) is 0 Å². The highest BCUT2D eigenvalue weighted by molar-refractivity contribution is 9.10. The summed E-state index contributed by atoms with van der Waals surface area (Å²) < 4.78 is 14.3. The number of ether oxygens (including phenoxy) is 2. The van der Waals surface area contributed by atoms with Crippen molar-refractivity contribution < 1.29 is 19.1 Å². The van der Waals surface area contributed by atoms with Gasteiger partial charge in [0.15, 0.2) is 9.21 Å². The van der Waals surface area contributed by atoms with E-state index in [1.165, 1.54) is 0 Å². The third-order valence-corrected chi connectivity index (χ3v) is 7.98. The van der Waals surface area contributed by atoms with Crippen molar-refractivity contribution in [2.24, 2.45) is 0 Å². The minimum Gasteiger partial charge on any atom is -0.444 e. The van der Waals surface area contributed by atoms with Crippen LogP contribution in [0.25, 0.3) is 0 Å². The molecule has 0 radical (unpaired) electrons. The number of amides is 2. The summed E-state index contributed by atoms with van der Waals surface area (Å²) in [6, 6.07) is 0.547. The van der Waals surface area contributed by atoms with E-state index in [-0.39, 0.29) is 18.2 Å². The van der Waals surface area contributed by atoms with Crippen LogP contribution in [0, 0.1) is 13.8 Å². The molecule has 14 heteroatoms. The minimum atomic E-state index is -0.445. The zero-order valence-electron chi connectivity index (χ0n) is 24.8. The topological polar surface area (TPSA) is 120 Å². The van der Waals surface area contributed by atoms with Gasteiger partial charge in [0.05, 0.1) is 23.5 Å². The molecule has 2 aliphatic heterocycles. The van der Waals surface area contributed by atoms with E-state index in [2.05, 4.69) is 52.4 Å². The highest BCUT2D eigenvalue weighted by atomic mass is 79.9. The number of carbonyl (C=O) groups is 2. The Balaban J connectivity index is 0.000000220. The molecule has 2 aromatic rings. The first-order valence-electron chi connectivity index (χ1n) is 13.7. The molecule has 0 saturated carbocycles. The van der Waals surface area contributed by atoms with E-state index in [0.717, 1.165) is 46.3 Å². The van der Waals surface area contributed by atoms with E-state index < -0.39 is 11.2 Å². The van der Waals surface area contributed by atoms with Crippen molar-refractivity contribution >= 4 is 44.0 Å². The lowest BCUT2D eigenvalue weighted by Gasteiger charge is -2.33. The quantitative estimate of drug-likeness (QED) is 0.386. The molecule has 224 valence electrons. The van der Waals surface area contributed by atoms with E-state index in [0.29, 0.717) is 32.2 Å². The highest BCUT2D eigenvalue weighted by Crippen LogP contribution is 2.26. The monoisotopic (exact) mass is 688 g/mol. The molecule has 2 fully saturated rings. The molecule has 0 unspecified atom stereocenters. The second-order valence-corrected chi connectivity index (χ2v) is 13.7. The van der Waals surface area contributed by atoms with Gasteiger partial charge in [0, 0.05) is 26.2 Å². The van der Waals surface area contributed by atoms with Crippen molar-refractivity contribution in [2.75, 3.05) is 26.2 Å². The number of aromatic nitrogens is 6. The summed E-state index contributed by atoms with van der Waals surface area (Å²) in [5.74, 6) is 0. The zero-order valence-corrected chi connectivity index (χ0v) is 28.0. The van der Waals surface area contributed by atoms with Crippen LogP contribution in [0.1, 0.15) is 90.7 Å². The third kappa shape index (κ3) is 9.15. The van der Waals surface area contributed by atoms with Crippen molar-refractivity contribution in [1.82, 2.24) is 39.8 Å². The van der Waals surface area contributed by atoms with Gasteiger partial charge in [-0.1, -0.05) is 5.21 Å². The second-order valence-electron chi connectivity index (χ2n) is 12.2. The fourth-order valence-corrected chi connectivity index (χ4v) is 4.93. The summed E-state index contributed by atoms with van der Waals surface area (Å²) in [6.07, 6.45) is 2.97. The number of carbonyl (C=O) groups excluding carboxylic acids is 2. The van der Waals surface area contributed by atoms with Gasteiger partial charge in [0.1, 0.15) is 11.2 Å². The third-order valence-electron chi connectivity index (χ3n) is 6.52. The van der Waals surface area contributed by atoms with Crippen molar-refractivity contribution in [3.05, 3.63) is 20.6 Å². The van der Waals surface area contributed by atoms with Gasteiger partial charge in [-0.2, -0.15) is 9.90 Å². The molecule has 0 bridgehead atoms. The molecule has 2 aliphatic rings. The van der Waals surface area contributed by atoms with Crippen LogP contribution < -0.4 is 0 Å². The summed E-state index contributed by atoms with van der Waals surface area (Å²) in [5.41, 5.74) is 1.03. The van der Waals surface area contributed by atoms with Crippen LogP contribution in [-0.4, -0.2) is 89.4 Å². The van der Waals surface area contributed by atoms with E-state index in [1.54, 1.807) is 14.6 Å². The lowest BCUT2D eigenvalue weighted by atomic mass is 10.1. The van der Waals surface area contributed by atoms with E-state index >= 15 is 0 Å². The molecule has 2 amide bonds. The molecule has 4 rings (SSSR count). The summed E-state index contributed by atoms with van der Waals surface area (Å²) in [7, 11) is 0. The molecule has 2 saturated heterocycles. The van der Waals surface area contributed by atoms with Crippen molar-refractivity contribution in [2.45, 2.75) is 104 Å². The van der Waals surface area contributed by atoms with Crippen LogP contribution in [0.5, 0.6) is 0 Å². The molecular formula is C26H42Br2N8O4. The fraction of sp³-hybridized carbons (Fsp3) is 0.769. The average Bonchev–Trinajstić information content (AvgIpc) is 3.38. The van der Waals surface area contributed by atoms with Gasteiger partial charge in [0.2, 0.25) is 0 Å². The summed E-state index contributed by atoms with van der Waals surface area (Å²) >= 11 is 6.74. The number of piperidine rings is 2. The van der Waals surface area contributed by atoms with Gasteiger partial charge in [0.25, 0.3) is 0 Å². The number of nitrogens with zero attached hydrogens (tertiary/aromatic N) is 8. The summed E-state index contributed by atoms with van der Waals surface area (Å²) in [5, 5.41) is 16.9. The van der Waals surface area contributed by atoms with Crippen LogP contribution in [0.3, 0.4) is 0 Å². The Labute approximate surface area is 253 Å². The number of halogens is 2. The molecule has 0 aliphatic carbocycles. The average molecular weight is 690 g/mol. The number of aryl methyl sites for hydroxylation is 1. The van der Waals surface area contributed by atoms with Crippen LogP contribution in [-0.2, 0) is 9.47 Å². The molecular weight excluding hydrogens is 648 g/mol. The fourth-order valence-electron chi connectivity index (χ4n) is 4.44. The van der Waals surface area contributed by atoms with E-state index in [4.69, 9.17) is 9.47 Å². The Kier molecular flexibility index (Phi) is 10.6. The van der Waals surface area contributed by atoms with Gasteiger partial charge in [-0.3, -0.25) is 0 Å². The first-order valence-corrected chi connectivity index (χ1v) is 15.2. The van der Waals surface area contributed by atoms with E-state index in [9.17, 15) is 9.59 Å². The van der Waals surface area contributed by atoms with Gasteiger partial charge in [-0.25, -0.2) is 14.3 Å². The number of likely N-dealkylation sites (tertiary alicyclic amines) is 2. The molecule has 0 aromatic carbocycles. The normalized spacial score (nSPS) is 17.4. The Bertz CT molecular complexity index is 1140. The first-order chi connectivity index (χ1) is 18.5. The zero-order chi connectivity index (χ0) is 29.8. The maximum Gasteiger partial charge on any atom is 0.410 e. The van der Waals surface area contributed by atoms with Gasteiger partial charge in [-0.05, 0) is 113 Å². The van der Waals surface area contributed by atoms with Gasteiger partial charge in [-0.15, -0.1) is 10.2 Å². The molecule has 0 N–H and O–H groups in total. The minimum absolute atomic E-state index is 0.229. The Morgan fingerprint density at radius 2 is 1.20 bits per heavy atom. The maximum absolute atomic E-state index is 12.0. The number of hydrogen-bond donors (Lipinski definition) is 0. The van der Waals surface area contributed by atoms with Crippen LogP contribution in [0.15, 0.2) is 9.21 Å². The lowest BCUT2D eigenvalue weighted by molar-refractivity contribution is 0.0171. The summed E-state index contributed by atoms with van der Waals surface area (Å²) in [6.45, 7) is 17.9. The molecule has 4 heterocycles. The highest BCUT2D eigenvalue weighted by Gasteiger charge is 2.30. The van der Waals surface area contributed by atoms with Gasteiger partial charge >= 0.3 is 12.2 Å².